The van der Waals surface area contributed by atoms with Crippen molar-refractivity contribution in [1.29, 1.82) is 0 Å². The SMILES string of the molecule is COC(=O)c1ccc(Cl)c(Cc2cc3nc(C(F)(F)F)ccc3n2Sc2cccc(C(C)(C)C)c2)c1Cl. The highest BCUT2D eigenvalue weighted by molar-refractivity contribution is 7.98. The lowest BCUT2D eigenvalue weighted by molar-refractivity contribution is -0.140. The number of nitrogens with zero attached hydrogens (tertiary/aromatic N) is 2. The first-order valence-electron chi connectivity index (χ1n) is 11.2. The van der Waals surface area contributed by atoms with Crippen molar-refractivity contribution in [3.63, 3.8) is 0 Å². The van der Waals surface area contributed by atoms with E-state index >= 15 is 0 Å². The van der Waals surface area contributed by atoms with Gasteiger partial charge in [0.15, 0.2) is 0 Å². The number of rotatable bonds is 5. The van der Waals surface area contributed by atoms with Crippen molar-refractivity contribution in [3.05, 3.63) is 92.7 Å². The zero-order valence-electron chi connectivity index (χ0n) is 20.4. The maximum atomic E-state index is 13.4. The maximum Gasteiger partial charge on any atom is 0.433 e. The van der Waals surface area contributed by atoms with Crippen LogP contribution < -0.4 is 0 Å². The summed E-state index contributed by atoms with van der Waals surface area (Å²) in [6.45, 7) is 6.32. The first-order valence-corrected chi connectivity index (χ1v) is 12.7. The van der Waals surface area contributed by atoms with Gasteiger partial charge in [-0.2, -0.15) is 13.2 Å². The molecule has 0 N–H and O–H groups in total. The molecule has 2 aromatic carbocycles. The van der Waals surface area contributed by atoms with Gasteiger partial charge in [0.05, 0.1) is 28.7 Å². The Labute approximate surface area is 226 Å². The number of alkyl halides is 3. The van der Waals surface area contributed by atoms with Crippen LogP contribution in [0.15, 0.2) is 59.5 Å². The van der Waals surface area contributed by atoms with Crippen LogP contribution in [-0.2, 0) is 22.7 Å². The van der Waals surface area contributed by atoms with Gasteiger partial charge in [0.25, 0.3) is 0 Å². The number of aromatic nitrogens is 2. The molecule has 0 saturated carbocycles. The van der Waals surface area contributed by atoms with Crippen molar-refractivity contribution in [1.82, 2.24) is 8.96 Å². The van der Waals surface area contributed by atoms with Crippen molar-refractivity contribution in [2.75, 3.05) is 7.11 Å². The number of methoxy groups -OCH3 is 1. The average molecular weight is 567 g/mol. The van der Waals surface area contributed by atoms with Gasteiger partial charge in [-0.15, -0.1) is 0 Å². The van der Waals surface area contributed by atoms with E-state index in [4.69, 9.17) is 27.9 Å². The molecule has 0 saturated heterocycles. The summed E-state index contributed by atoms with van der Waals surface area (Å²) in [5.41, 5.74) is 1.95. The molecule has 0 fully saturated rings. The van der Waals surface area contributed by atoms with E-state index in [0.29, 0.717) is 21.8 Å². The molecule has 2 aromatic heterocycles. The van der Waals surface area contributed by atoms with Gasteiger partial charge >= 0.3 is 12.1 Å². The molecule has 0 spiro atoms. The predicted octanol–water partition coefficient (Wildman–Crippen LogP) is 8.59. The first-order chi connectivity index (χ1) is 17.3. The smallest absolute Gasteiger partial charge is 0.433 e. The topological polar surface area (TPSA) is 44.1 Å². The standard InChI is InChI=1S/C27H23Cl2F3N2O2S/c1-26(2,3)15-6-5-7-17(12-15)37-34-16(14-21-22(34)10-11-23(33-21)27(30,31)32)13-19-20(28)9-8-18(24(19)29)25(35)36-4/h5-12,14H,13H2,1-4H3. The molecule has 194 valence electrons. The highest BCUT2D eigenvalue weighted by Crippen LogP contribution is 2.37. The number of fused-ring (bicyclic) bond motifs is 1. The minimum atomic E-state index is -4.58. The fourth-order valence-corrected chi connectivity index (χ4v) is 5.44. The molecule has 10 heteroatoms. The van der Waals surface area contributed by atoms with Gasteiger partial charge in [-0.05, 0) is 71.0 Å². The molecule has 37 heavy (non-hydrogen) atoms. The van der Waals surface area contributed by atoms with Gasteiger partial charge in [0, 0.05) is 22.0 Å². The van der Waals surface area contributed by atoms with Crippen LogP contribution in [0, 0.1) is 0 Å². The zero-order valence-corrected chi connectivity index (χ0v) is 22.7. The van der Waals surface area contributed by atoms with E-state index in [1.807, 2.05) is 22.2 Å². The fraction of sp³-hybridized carbons (Fsp3) is 0.259. The normalized spacial score (nSPS) is 12.2. The Morgan fingerprint density at radius 1 is 1.05 bits per heavy atom. The number of esters is 1. The van der Waals surface area contributed by atoms with Crippen LogP contribution in [0.2, 0.25) is 10.0 Å². The summed E-state index contributed by atoms with van der Waals surface area (Å²) >= 11 is 14.3. The van der Waals surface area contributed by atoms with E-state index < -0.39 is 17.8 Å². The summed E-state index contributed by atoms with van der Waals surface area (Å²) in [5, 5.41) is 0.443. The van der Waals surface area contributed by atoms with E-state index in [2.05, 4.69) is 31.8 Å². The maximum absolute atomic E-state index is 13.4. The van der Waals surface area contributed by atoms with Crippen LogP contribution in [0.3, 0.4) is 0 Å². The summed E-state index contributed by atoms with van der Waals surface area (Å²) in [6.07, 6.45) is -4.43. The number of carbonyl (C=O) groups excluding carboxylic acids is 1. The Morgan fingerprint density at radius 2 is 1.78 bits per heavy atom. The molecular weight excluding hydrogens is 544 g/mol. The third-order valence-corrected chi connectivity index (χ3v) is 7.69. The molecular formula is C27H23Cl2F3N2O2S. The average Bonchev–Trinajstić information content (AvgIpc) is 3.16. The number of benzene rings is 2. The van der Waals surface area contributed by atoms with Gasteiger partial charge in [-0.1, -0.05) is 56.1 Å². The molecule has 0 aliphatic rings. The number of halogens is 5. The Hall–Kier alpha value is -2.68. The molecule has 0 aliphatic heterocycles. The van der Waals surface area contributed by atoms with Crippen molar-refractivity contribution in [2.24, 2.45) is 0 Å². The van der Waals surface area contributed by atoms with Gasteiger partial charge < -0.3 is 4.74 Å². The van der Waals surface area contributed by atoms with E-state index in [0.717, 1.165) is 16.5 Å². The Kier molecular flexibility index (Phi) is 7.57. The highest BCUT2D eigenvalue weighted by atomic mass is 35.5. The third-order valence-electron chi connectivity index (χ3n) is 5.82. The van der Waals surface area contributed by atoms with E-state index in [9.17, 15) is 18.0 Å². The zero-order chi connectivity index (χ0) is 27.1. The second-order valence-corrected chi connectivity index (χ2v) is 11.3. The Balaban J connectivity index is 1.87. The van der Waals surface area contributed by atoms with E-state index in [1.54, 1.807) is 12.1 Å². The molecule has 0 bridgehead atoms. The van der Waals surface area contributed by atoms with E-state index in [1.165, 1.54) is 31.2 Å². The molecule has 4 aromatic rings. The Bertz CT molecular complexity index is 1490. The summed E-state index contributed by atoms with van der Waals surface area (Å²) in [6, 6.07) is 14.9. The lowest BCUT2D eigenvalue weighted by Gasteiger charge is -2.20. The summed E-state index contributed by atoms with van der Waals surface area (Å²) in [4.78, 5) is 16.9. The van der Waals surface area contributed by atoms with Gasteiger partial charge in [-0.25, -0.2) is 9.78 Å². The van der Waals surface area contributed by atoms with Crippen LogP contribution >= 0.6 is 35.1 Å². The fourth-order valence-electron chi connectivity index (χ4n) is 3.84. The first kappa shape index (κ1) is 27.4. The Morgan fingerprint density at radius 3 is 2.43 bits per heavy atom. The van der Waals surface area contributed by atoms with Crippen molar-refractivity contribution >= 4 is 52.2 Å². The van der Waals surface area contributed by atoms with Gasteiger partial charge in [-0.3, -0.25) is 3.97 Å². The lowest BCUT2D eigenvalue weighted by atomic mass is 9.87. The quantitative estimate of drug-likeness (QED) is 0.227. The molecule has 4 rings (SSSR count). The number of pyridine rings is 1. The number of hydrogen-bond acceptors (Lipinski definition) is 4. The molecule has 0 atom stereocenters. The molecule has 0 radical (unpaired) electrons. The van der Waals surface area contributed by atoms with Crippen molar-refractivity contribution in [3.8, 4) is 0 Å². The van der Waals surface area contributed by atoms with E-state index in [-0.39, 0.29) is 27.9 Å². The van der Waals surface area contributed by atoms with Crippen LogP contribution in [-0.4, -0.2) is 22.0 Å². The van der Waals surface area contributed by atoms with Crippen LogP contribution in [0.5, 0.6) is 0 Å². The molecule has 0 unspecified atom stereocenters. The molecule has 2 heterocycles. The number of carbonyl (C=O) groups is 1. The molecule has 0 aliphatic carbocycles. The predicted molar refractivity (Wildman–Crippen MR) is 142 cm³/mol. The molecule has 0 amide bonds. The number of ether oxygens (including phenoxy) is 1. The largest absolute Gasteiger partial charge is 0.465 e. The summed E-state index contributed by atoms with van der Waals surface area (Å²) in [5.74, 6) is -0.617. The molecule has 4 nitrogen and oxygen atoms in total. The summed E-state index contributed by atoms with van der Waals surface area (Å²) in [7, 11) is 1.25. The highest BCUT2D eigenvalue weighted by Gasteiger charge is 2.33. The monoisotopic (exact) mass is 566 g/mol. The minimum Gasteiger partial charge on any atom is -0.465 e. The minimum absolute atomic E-state index is 0.0866. The lowest BCUT2D eigenvalue weighted by Crippen LogP contribution is -2.10. The number of hydrogen-bond donors (Lipinski definition) is 0. The van der Waals surface area contributed by atoms with Crippen LogP contribution in [0.4, 0.5) is 13.2 Å². The second-order valence-electron chi connectivity index (χ2n) is 9.45. The summed E-state index contributed by atoms with van der Waals surface area (Å²) < 4.78 is 46.8. The van der Waals surface area contributed by atoms with Crippen molar-refractivity contribution < 1.29 is 22.7 Å². The van der Waals surface area contributed by atoms with Crippen LogP contribution in [0.1, 0.15) is 53.6 Å². The third kappa shape index (κ3) is 5.76. The van der Waals surface area contributed by atoms with Gasteiger partial charge in [0.1, 0.15) is 5.69 Å². The van der Waals surface area contributed by atoms with Gasteiger partial charge in [0.2, 0.25) is 0 Å². The second kappa shape index (κ2) is 10.2. The van der Waals surface area contributed by atoms with Crippen molar-refractivity contribution in [2.45, 2.75) is 43.7 Å². The van der Waals surface area contributed by atoms with Crippen LogP contribution in [0.25, 0.3) is 11.0 Å².